The van der Waals surface area contributed by atoms with Crippen molar-refractivity contribution in [3.8, 4) is 0 Å². The highest BCUT2D eigenvalue weighted by Gasteiger charge is 2.32. The zero-order valence-electron chi connectivity index (χ0n) is 13.2. The molecule has 23 heavy (non-hydrogen) atoms. The van der Waals surface area contributed by atoms with Gasteiger partial charge in [-0.25, -0.2) is 12.8 Å². The summed E-state index contributed by atoms with van der Waals surface area (Å²) in [5, 5.41) is 0. The first-order valence-electron chi connectivity index (χ1n) is 7.45. The molecule has 1 aromatic rings. The first kappa shape index (κ1) is 17.8. The van der Waals surface area contributed by atoms with Gasteiger partial charge < -0.3 is 9.64 Å². The Labute approximate surface area is 135 Å². The predicted molar refractivity (Wildman–Crippen MR) is 82.7 cm³/mol. The van der Waals surface area contributed by atoms with E-state index in [1.807, 2.05) is 0 Å². The molecule has 1 fully saturated rings. The highest BCUT2D eigenvalue weighted by Crippen LogP contribution is 2.15. The largest absolute Gasteiger partial charge is 0.378 e. The second-order valence-electron chi connectivity index (χ2n) is 5.73. The van der Waals surface area contributed by atoms with Crippen LogP contribution in [0.3, 0.4) is 0 Å². The smallest absolute Gasteiger partial charge is 0.241 e. The summed E-state index contributed by atoms with van der Waals surface area (Å²) < 4.78 is 45.4. The second kappa shape index (κ2) is 7.37. The molecule has 0 saturated carbocycles. The van der Waals surface area contributed by atoms with Crippen molar-refractivity contribution in [1.82, 2.24) is 9.62 Å². The van der Waals surface area contributed by atoms with E-state index in [9.17, 15) is 17.6 Å². The summed E-state index contributed by atoms with van der Waals surface area (Å²) >= 11 is 0. The molecule has 6 nitrogen and oxygen atoms in total. The summed E-state index contributed by atoms with van der Waals surface area (Å²) in [5.74, 6) is -1.01. The normalized spacial score (nSPS) is 17.3. The lowest BCUT2D eigenvalue weighted by Gasteiger charge is -2.32. The lowest BCUT2D eigenvalue weighted by molar-refractivity contribution is -0.138. The van der Waals surface area contributed by atoms with Crippen molar-refractivity contribution in [3.05, 3.63) is 30.1 Å². The van der Waals surface area contributed by atoms with Crippen molar-refractivity contribution in [2.75, 3.05) is 26.3 Å². The van der Waals surface area contributed by atoms with E-state index in [1.165, 1.54) is 12.1 Å². The van der Waals surface area contributed by atoms with E-state index in [1.54, 1.807) is 18.7 Å². The number of carbonyl (C=O) groups is 1. The van der Waals surface area contributed by atoms with Crippen molar-refractivity contribution in [3.63, 3.8) is 0 Å². The maximum atomic E-state index is 12.9. The number of rotatable bonds is 5. The molecular weight excluding hydrogens is 323 g/mol. The van der Waals surface area contributed by atoms with E-state index >= 15 is 0 Å². The van der Waals surface area contributed by atoms with Gasteiger partial charge in [-0.15, -0.1) is 0 Å². The third-order valence-electron chi connectivity index (χ3n) is 3.66. The quantitative estimate of drug-likeness (QED) is 0.864. The van der Waals surface area contributed by atoms with E-state index in [2.05, 4.69) is 4.72 Å². The molecule has 8 heteroatoms. The number of halogens is 1. The van der Waals surface area contributed by atoms with Gasteiger partial charge in [-0.05, 0) is 30.2 Å². The Balaban J connectivity index is 2.17. The van der Waals surface area contributed by atoms with E-state index < -0.39 is 21.9 Å². The lowest BCUT2D eigenvalue weighted by Crippen LogP contribution is -2.53. The molecule has 1 aliphatic heterocycles. The second-order valence-corrected chi connectivity index (χ2v) is 7.45. The minimum Gasteiger partial charge on any atom is -0.378 e. The number of benzene rings is 1. The first-order valence-corrected chi connectivity index (χ1v) is 8.94. The summed E-state index contributed by atoms with van der Waals surface area (Å²) in [4.78, 5) is 14.1. The zero-order chi connectivity index (χ0) is 17.0. The van der Waals surface area contributed by atoms with Crippen LogP contribution in [0.2, 0.25) is 0 Å². The SMILES string of the molecule is CC(C)[C@H](NS(=O)(=O)c1ccc(F)cc1)C(=O)N1CCOCC1. The number of morpholine rings is 1. The van der Waals surface area contributed by atoms with Gasteiger partial charge >= 0.3 is 0 Å². The molecule has 0 spiro atoms. The van der Waals surface area contributed by atoms with E-state index in [-0.39, 0.29) is 16.7 Å². The van der Waals surface area contributed by atoms with Crippen molar-refractivity contribution in [1.29, 1.82) is 0 Å². The Bertz CT molecular complexity index is 640. The van der Waals surface area contributed by atoms with Crippen LogP contribution in [0, 0.1) is 11.7 Å². The number of nitrogens with zero attached hydrogens (tertiary/aromatic N) is 1. The molecule has 1 atom stereocenters. The van der Waals surface area contributed by atoms with E-state index in [0.717, 1.165) is 12.1 Å². The average Bonchev–Trinajstić information content (AvgIpc) is 2.53. The molecule has 0 bridgehead atoms. The molecule has 0 radical (unpaired) electrons. The van der Waals surface area contributed by atoms with Gasteiger partial charge in [0, 0.05) is 13.1 Å². The number of ether oxygens (including phenoxy) is 1. The van der Waals surface area contributed by atoms with E-state index in [4.69, 9.17) is 4.74 Å². The third kappa shape index (κ3) is 4.49. The Morgan fingerprint density at radius 2 is 1.78 bits per heavy atom. The fourth-order valence-corrected chi connectivity index (χ4v) is 3.64. The summed E-state index contributed by atoms with van der Waals surface area (Å²) in [6.07, 6.45) is 0. The van der Waals surface area contributed by atoms with Crippen LogP contribution < -0.4 is 4.72 Å². The molecule has 0 unspecified atom stereocenters. The standard InChI is InChI=1S/C15H21FN2O4S/c1-11(2)14(15(19)18-7-9-22-10-8-18)17-23(20,21)13-5-3-12(16)4-6-13/h3-6,11,14,17H,7-10H2,1-2H3/t14-/m0/s1. The molecule has 1 aromatic carbocycles. The number of nitrogens with one attached hydrogen (secondary N) is 1. The van der Waals surface area contributed by atoms with Gasteiger partial charge in [-0.1, -0.05) is 13.8 Å². The topological polar surface area (TPSA) is 75.7 Å². The van der Waals surface area contributed by atoms with Gasteiger partial charge in [-0.3, -0.25) is 4.79 Å². The number of sulfonamides is 1. The third-order valence-corrected chi connectivity index (χ3v) is 5.12. The van der Waals surface area contributed by atoms with Crippen LogP contribution in [0.25, 0.3) is 0 Å². The average molecular weight is 344 g/mol. The first-order chi connectivity index (χ1) is 10.8. The van der Waals surface area contributed by atoms with Gasteiger partial charge in [0.2, 0.25) is 15.9 Å². The van der Waals surface area contributed by atoms with Gasteiger partial charge in [-0.2, -0.15) is 4.72 Å². The van der Waals surface area contributed by atoms with Crippen molar-refractivity contribution in [2.24, 2.45) is 5.92 Å². The lowest BCUT2D eigenvalue weighted by atomic mass is 10.0. The molecule has 1 N–H and O–H groups in total. The zero-order valence-corrected chi connectivity index (χ0v) is 14.0. The number of carbonyl (C=O) groups excluding carboxylic acids is 1. The van der Waals surface area contributed by atoms with Gasteiger partial charge in [0.15, 0.2) is 0 Å². The molecule has 0 aliphatic carbocycles. The Morgan fingerprint density at radius 3 is 2.30 bits per heavy atom. The fraction of sp³-hybridized carbons (Fsp3) is 0.533. The monoisotopic (exact) mass is 344 g/mol. The van der Waals surface area contributed by atoms with Crippen LogP contribution in [0.4, 0.5) is 4.39 Å². The summed E-state index contributed by atoms with van der Waals surface area (Å²) in [6, 6.07) is 3.62. The van der Waals surface area contributed by atoms with Gasteiger partial charge in [0.05, 0.1) is 18.1 Å². The Hall–Kier alpha value is -1.51. The fourth-order valence-electron chi connectivity index (χ4n) is 2.30. The van der Waals surface area contributed by atoms with Crippen LogP contribution >= 0.6 is 0 Å². The molecule has 1 aliphatic rings. The molecular formula is C15H21FN2O4S. The van der Waals surface area contributed by atoms with Crippen LogP contribution in [0.1, 0.15) is 13.8 Å². The highest BCUT2D eigenvalue weighted by atomic mass is 32.2. The molecule has 2 rings (SSSR count). The highest BCUT2D eigenvalue weighted by molar-refractivity contribution is 7.89. The van der Waals surface area contributed by atoms with Crippen molar-refractivity contribution >= 4 is 15.9 Å². The maximum Gasteiger partial charge on any atom is 0.241 e. The molecule has 128 valence electrons. The molecule has 0 aromatic heterocycles. The predicted octanol–water partition coefficient (Wildman–Crippen LogP) is 0.987. The Kier molecular flexibility index (Phi) is 5.72. The minimum absolute atomic E-state index is 0.0701. The summed E-state index contributed by atoms with van der Waals surface area (Å²) in [7, 11) is -3.90. The summed E-state index contributed by atoms with van der Waals surface area (Å²) in [5.41, 5.74) is 0. The molecule has 1 heterocycles. The van der Waals surface area contributed by atoms with Gasteiger partial charge in [0.25, 0.3) is 0 Å². The summed E-state index contributed by atoms with van der Waals surface area (Å²) in [6.45, 7) is 5.33. The van der Waals surface area contributed by atoms with Gasteiger partial charge in [0.1, 0.15) is 11.9 Å². The maximum absolute atomic E-state index is 12.9. The number of hydrogen-bond donors (Lipinski definition) is 1. The van der Waals surface area contributed by atoms with Crippen LogP contribution in [0.15, 0.2) is 29.2 Å². The minimum atomic E-state index is -3.90. The van der Waals surface area contributed by atoms with Crippen molar-refractivity contribution < 1.29 is 22.3 Å². The Morgan fingerprint density at radius 1 is 1.22 bits per heavy atom. The van der Waals surface area contributed by atoms with Crippen LogP contribution in [0.5, 0.6) is 0 Å². The number of hydrogen-bond acceptors (Lipinski definition) is 4. The number of amides is 1. The van der Waals surface area contributed by atoms with Crippen LogP contribution in [-0.4, -0.2) is 51.6 Å². The molecule has 1 saturated heterocycles. The van der Waals surface area contributed by atoms with Crippen LogP contribution in [-0.2, 0) is 19.6 Å². The van der Waals surface area contributed by atoms with E-state index in [0.29, 0.717) is 26.3 Å². The van der Waals surface area contributed by atoms with Crippen molar-refractivity contribution in [2.45, 2.75) is 24.8 Å². The molecule has 1 amide bonds.